The van der Waals surface area contributed by atoms with Crippen LogP contribution >= 0.6 is 0 Å². The first kappa shape index (κ1) is 22.7. The standard InChI is InChI=1S/C22H28N2O7/c1-13(25)31-22(20(28)29,21(2,3)4)18-19(27)24(10-11-30-18)15-8-6-14-7-9-17(26)23(5)16(14)12-15/h6,8,12,18H,7,9-11H2,1-5H3,(H,28,29)/t18-,22+/m0/s1. The number of aliphatic carboxylic acids is 1. The molecule has 1 N–H and O–H groups in total. The number of carbonyl (C=O) groups excluding carboxylic acids is 3. The molecule has 0 bridgehead atoms. The number of ether oxygens (including phenoxy) is 2. The van der Waals surface area contributed by atoms with E-state index in [9.17, 15) is 24.3 Å². The third-order valence-corrected chi connectivity index (χ3v) is 5.92. The van der Waals surface area contributed by atoms with Crippen molar-refractivity contribution in [3.8, 4) is 0 Å². The highest BCUT2D eigenvalue weighted by atomic mass is 16.6. The number of hydrogen-bond donors (Lipinski definition) is 1. The van der Waals surface area contributed by atoms with Gasteiger partial charge in [0.05, 0.1) is 6.61 Å². The summed E-state index contributed by atoms with van der Waals surface area (Å²) in [4.78, 5) is 52.8. The maximum Gasteiger partial charge on any atom is 0.352 e. The highest BCUT2D eigenvalue weighted by molar-refractivity contribution is 6.03. The Balaban J connectivity index is 2.04. The van der Waals surface area contributed by atoms with E-state index in [1.165, 1.54) is 4.90 Å². The molecule has 9 heteroatoms. The third-order valence-electron chi connectivity index (χ3n) is 5.92. The first-order valence-electron chi connectivity index (χ1n) is 10.2. The van der Waals surface area contributed by atoms with E-state index in [-0.39, 0.29) is 19.1 Å². The summed E-state index contributed by atoms with van der Waals surface area (Å²) in [5.41, 5.74) is -1.12. The third kappa shape index (κ3) is 3.78. The number of fused-ring (bicyclic) bond motifs is 1. The molecular formula is C22H28N2O7. The number of amides is 2. The van der Waals surface area contributed by atoms with Gasteiger partial charge < -0.3 is 24.4 Å². The van der Waals surface area contributed by atoms with Crippen molar-refractivity contribution >= 4 is 35.1 Å². The normalized spacial score (nSPS) is 21.4. The van der Waals surface area contributed by atoms with Crippen LogP contribution in [0.2, 0.25) is 0 Å². The fourth-order valence-electron chi connectivity index (χ4n) is 4.22. The molecule has 9 nitrogen and oxygen atoms in total. The minimum Gasteiger partial charge on any atom is -0.478 e. The molecule has 0 saturated carbocycles. The van der Waals surface area contributed by atoms with Gasteiger partial charge in [-0.2, -0.15) is 0 Å². The van der Waals surface area contributed by atoms with Crippen LogP contribution in [0.25, 0.3) is 0 Å². The predicted molar refractivity (Wildman–Crippen MR) is 112 cm³/mol. The topological polar surface area (TPSA) is 113 Å². The average Bonchev–Trinajstić information content (AvgIpc) is 2.68. The number of aryl methyl sites for hydroxylation is 1. The van der Waals surface area contributed by atoms with Crippen LogP contribution in [0.15, 0.2) is 18.2 Å². The fourth-order valence-corrected chi connectivity index (χ4v) is 4.22. The highest BCUT2D eigenvalue weighted by Crippen LogP contribution is 2.41. The predicted octanol–water partition coefficient (Wildman–Crippen LogP) is 1.76. The summed E-state index contributed by atoms with van der Waals surface area (Å²) in [5, 5.41) is 10.1. The van der Waals surface area contributed by atoms with Gasteiger partial charge >= 0.3 is 11.9 Å². The molecule has 2 aliphatic heterocycles. The van der Waals surface area contributed by atoms with Gasteiger partial charge in [0, 0.05) is 43.7 Å². The number of carbonyl (C=O) groups is 4. The van der Waals surface area contributed by atoms with Crippen LogP contribution in [0.4, 0.5) is 11.4 Å². The van der Waals surface area contributed by atoms with Crippen molar-refractivity contribution < 1.29 is 33.8 Å². The van der Waals surface area contributed by atoms with Crippen molar-refractivity contribution in [3.63, 3.8) is 0 Å². The van der Waals surface area contributed by atoms with Gasteiger partial charge in [-0.05, 0) is 24.1 Å². The Labute approximate surface area is 180 Å². The summed E-state index contributed by atoms with van der Waals surface area (Å²) >= 11 is 0. The maximum absolute atomic E-state index is 13.5. The summed E-state index contributed by atoms with van der Waals surface area (Å²) in [6.45, 7) is 6.11. The van der Waals surface area contributed by atoms with E-state index in [0.717, 1.165) is 12.5 Å². The molecule has 31 heavy (non-hydrogen) atoms. The van der Waals surface area contributed by atoms with E-state index in [2.05, 4.69) is 0 Å². The molecule has 1 saturated heterocycles. The molecule has 168 valence electrons. The summed E-state index contributed by atoms with van der Waals surface area (Å²) < 4.78 is 10.9. The van der Waals surface area contributed by atoms with Gasteiger partial charge in [-0.25, -0.2) is 4.79 Å². The van der Waals surface area contributed by atoms with Gasteiger partial charge in [-0.15, -0.1) is 0 Å². The Morgan fingerprint density at radius 1 is 1.19 bits per heavy atom. The molecule has 2 amide bonds. The van der Waals surface area contributed by atoms with E-state index in [1.807, 2.05) is 6.07 Å². The lowest BCUT2D eigenvalue weighted by atomic mass is 9.71. The van der Waals surface area contributed by atoms with Crippen molar-refractivity contribution in [1.29, 1.82) is 0 Å². The van der Waals surface area contributed by atoms with Gasteiger partial charge in [0.2, 0.25) is 11.5 Å². The zero-order valence-corrected chi connectivity index (χ0v) is 18.4. The molecular weight excluding hydrogens is 404 g/mol. The van der Waals surface area contributed by atoms with Crippen molar-refractivity contribution in [2.24, 2.45) is 5.41 Å². The first-order chi connectivity index (χ1) is 14.4. The molecule has 1 aromatic rings. The molecule has 0 aliphatic carbocycles. The first-order valence-corrected chi connectivity index (χ1v) is 10.2. The molecule has 0 aromatic heterocycles. The van der Waals surface area contributed by atoms with Gasteiger partial charge in [0.25, 0.3) is 5.91 Å². The van der Waals surface area contributed by atoms with Gasteiger partial charge in [-0.3, -0.25) is 14.4 Å². The lowest BCUT2D eigenvalue weighted by Gasteiger charge is -2.47. The number of carboxylic acid groups (broad SMARTS) is 1. The summed E-state index contributed by atoms with van der Waals surface area (Å²) in [7, 11) is 1.68. The lowest BCUT2D eigenvalue weighted by molar-refractivity contribution is -0.218. The molecule has 2 heterocycles. The van der Waals surface area contributed by atoms with Gasteiger partial charge in [-0.1, -0.05) is 26.8 Å². The molecule has 0 radical (unpaired) electrons. The van der Waals surface area contributed by atoms with Gasteiger partial charge in [0.15, 0.2) is 6.10 Å². The maximum atomic E-state index is 13.5. The average molecular weight is 432 g/mol. The number of benzene rings is 1. The molecule has 3 rings (SSSR count). The van der Waals surface area contributed by atoms with Crippen LogP contribution in [-0.4, -0.2) is 60.8 Å². The van der Waals surface area contributed by atoms with Crippen molar-refractivity contribution in [2.75, 3.05) is 30.0 Å². The smallest absolute Gasteiger partial charge is 0.352 e. The highest BCUT2D eigenvalue weighted by Gasteiger charge is 2.63. The van der Waals surface area contributed by atoms with Crippen molar-refractivity contribution in [1.82, 2.24) is 0 Å². The van der Waals surface area contributed by atoms with E-state index in [0.29, 0.717) is 24.2 Å². The zero-order valence-electron chi connectivity index (χ0n) is 18.4. The Kier molecular flexibility index (Phi) is 5.84. The quantitative estimate of drug-likeness (QED) is 0.721. The second-order valence-corrected chi connectivity index (χ2v) is 8.89. The van der Waals surface area contributed by atoms with Gasteiger partial charge in [0.1, 0.15) is 0 Å². The fraction of sp³-hybridized carbons (Fsp3) is 0.545. The van der Waals surface area contributed by atoms with Crippen LogP contribution in [-0.2, 0) is 35.1 Å². The number of hydrogen-bond acceptors (Lipinski definition) is 6. The van der Waals surface area contributed by atoms with Crippen LogP contribution in [0.1, 0.15) is 39.7 Å². The van der Waals surface area contributed by atoms with Crippen LogP contribution < -0.4 is 9.80 Å². The second kappa shape index (κ2) is 7.96. The molecule has 0 unspecified atom stereocenters. The zero-order chi connectivity index (χ0) is 23.1. The monoisotopic (exact) mass is 432 g/mol. The summed E-state index contributed by atoms with van der Waals surface area (Å²) in [6.07, 6.45) is -0.480. The largest absolute Gasteiger partial charge is 0.478 e. The van der Waals surface area contributed by atoms with E-state index in [1.54, 1.807) is 44.9 Å². The number of rotatable bonds is 4. The summed E-state index contributed by atoms with van der Waals surface area (Å²) in [6, 6.07) is 5.39. The molecule has 2 aliphatic rings. The number of carboxylic acids is 1. The summed E-state index contributed by atoms with van der Waals surface area (Å²) in [5.74, 6) is -2.90. The Hall–Kier alpha value is -2.94. The van der Waals surface area contributed by atoms with Crippen molar-refractivity contribution in [3.05, 3.63) is 23.8 Å². The Morgan fingerprint density at radius 3 is 2.45 bits per heavy atom. The van der Waals surface area contributed by atoms with Crippen LogP contribution in [0.3, 0.4) is 0 Å². The minimum absolute atomic E-state index is 0.0108. The number of anilines is 2. The number of esters is 1. The SMILES string of the molecule is CC(=O)O[C@@](C(=O)O)([C@H]1OCCN(c2ccc3c(c2)N(C)C(=O)CC3)C1=O)C(C)(C)C. The minimum atomic E-state index is -2.21. The van der Waals surface area contributed by atoms with Crippen LogP contribution in [0.5, 0.6) is 0 Å². The number of nitrogens with zero attached hydrogens (tertiary/aromatic N) is 2. The molecule has 1 aromatic carbocycles. The Morgan fingerprint density at radius 2 is 1.87 bits per heavy atom. The molecule has 1 fully saturated rings. The lowest BCUT2D eigenvalue weighted by Crippen LogP contribution is -2.68. The Bertz CT molecular complexity index is 936. The number of morpholine rings is 1. The molecule has 2 atom stereocenters. The van der Waals surface area contributed by atoms with E-state index < -0.39 is 35.0 Å². The van der Waals surface area contributed by atoms with Crippen LogP contribution in [0, 0.1) is 5.41 Å². The van der Waals surface area contributed by atoms with Crippen molar-refractivity contribution in [2.45, 2.75) is 52.2 Å². The van der Waals surface area contributed by atoms with E-state index in [4.69, 9.17) is 9.47 Å². The second-order valence-electron chi connectivity index (χ2n) is 8.89. The van der Waals surface area contributed by atoms with E-state index >= 15 is 0 Å². The molecule has 0 spiro atoms.